The van der Waals surface area contributed by atoms with Gasteiger partial charge in [-0.25, -0.2) is 13.1 Å². The predicted octanol–water partition coefficient (Wildman–Crippen LogP) is 2.00. The molecule has 0 aliphatic carbocycles. The molecule has 1 aromatic heterocycles. The normalized spacial score (nSPS) is 11.6. The molecule has 22 heavy (non-hydrogen) atoms. The molecule has 0 atom stereocenters. The third-order valence-corrected chi connectivity index (χ3v) is 4.91. The third kappa shape index (κ3) is 3.86. The van der Waals surface area contributed by atoms with Gasteiger partial charge in [0, 0.05) is 6.54 Å². The summed E-state index contributed by atoms with van der Waals surface area (Å²) in [5.41, 5.74) is 3.21. The minimum atomic E-state index is -3.57. The molecule has 0 saturated heterocycles. The summed E-state index contributed by atoms with van der Waals surface area (Å²) < 4.78 is 32.6. The zero-order valence-electron chi connectivity index (χ0n) is 13.2. The van der Waals surface area contributed by atoms with Crippen LogP contribution in [-0.2, 0) is 10.0 Å². The molecule has 2 N–H and O–H groups in total. The SMILES string of the molecule is Cc1cc(C)cc(OCCNS(=O)(=O)c2c(C)n[nH]c2C)c1. The second kappa shape index (κ2) is 6.50. The summed E-state index contributed by atoms with van der Waals surface area (Å²) in [7, 11) is -3.57. The van der Waals surface area contributed by atoms with Crippen molar-refractivity contribution in [3.63, 3.8) is 0 Å². The number of hydrogen-bond acceptors (Lipinski definition) is 4. The summed E-state index contributed by atoms with van der Waals surface area (Å²) in [6.07, 6.45) is 0. The number of nitrogens with one attached hydrogen (secondary N) is 2. The van der Waals surface area contributed by atoms with Crippen LogP contribution in [0.2, 0.25) is 0 Å². The van der Waals surface area contributed by atoms with Gasteiger partial charge in [0.1, 0.15) is 17.3 Å². The largest absolute Gasteiger partial charge is 0.492 e. The van der Waals surface area contributed by atoms with E-state index >= 15 is 0 Å². The molecule has 2 aromatic rings. The number of ether oxygens (including phenoxy) is 1. The monoisotopic (exact) mass is 323 g/mol. The number of sulfonamides is 1. The van der Waals surface area contributed by atoms with Crippen LogP contribution in [0.4, 0.5) is 0 Å². The van der Waals surface area contributed by atoms with Gasteiger partial charge in [0.05, 0.1) is 11.4 Å². The van der Waals surface area contributed by atoms with Gasteiger partial charge in [-0.3, -0.25) is 5.10 Å². The van der Waals surface area contributed by atoms with Crippen molar-refractivity contribution in [2.75, 3.05) is 13.2 Å². The Kier molecular flexibility index (Phi) is 4.87. The lowest BCUT2D eigenvalue weighted by atomic mass is 10.1. The van der Waals surface area contributed by atoms with Gasteiger partial charge in [-0.1, -0.05) is 6.07 Å². The van der Waals surface area contributed by atoms with E-state index in [9.17, 15) is 8.42 Å². The zero-order chi connectivity index (χ0) is 16.3. The fourth-order valence-electron chi connectivity index (χ4n) is 2.37. The van der Waals surface area contributed by atoms with Crippen molar-refractivity contribution in [2.24, 2.45) is 0 Å². The quantitative estimate of drug-likeness (QED) is 0.796. The summed E-state index contributed by atoms with van der Waals surface area (Å²) in [5, 5.41) is 6.57. The standard InChI is InChI=1S/C15H21N3O3S/c1-10-7-11(2)9-14(8-10)21-6-5-16-22(19,20)15-12(3)17-18-13(15)4/h7-9,16H,5-6H2,1-4H3,(H,17,18). The van der Waals surface area contributed by atoms with E-state index in [2.05, 4.69) is 21.0 Å². The highest BCUT2D eigenvalue weighted by Crippen LogP contribution is 2.17. The van der Waals surface area contributed by atoms with Crippen molar-refractivity contribution >= 4 is 10.0 Å². The maximum absolute atomic E-state index is 12.2. The van der Waals surface area contributed by atoms with Crippen LogP contribution in [-0.4, -0.2) is 31.8 Å². The number of nitrogens with zero attached hydrogens (tertiary/aromatic N) is 1. The first-order chi connectivity index (χ1) is 10.3. The van der Waals surface area contributed by atoms with E-state index in [0.717, 1.165) is 16.9 Å². The van der Waals surface area contributed by atoms with E-state index in [1.165, 1.54) is 0 Å². The van der Waals surface area contributed by atoms with Gasteiger partial charge in [0.2, 0.25) is 10.0 Å². The van der Waals surface area contributed by atoms with Crippen molar-refractivity contribution in [3.8, 4) is 5.75 Å². The molecule has 6 nitrogen and oxygen atoms in total. The van der Waals surface area contributed by atoms with Crippen molar-refractivity contribution in [1.29, 1.82) is 0 Å². The number of benzene rings is 1. The van der Waals surface area contributed by atoms with E-state index in [0.29, 0.717) is 11.4 Å². The van der Waals surface area contributed by atoms with Gasteiger partial charge in [-0.05, 0) is 51.0 Å². The van der Waals surface area contributed by atoms with E-state index in [1.54, 1.807) is 13.8 Å². The Morgan fingerprint density at radius 3 is 2.32 bits per heavy atom. The van der Waals surface area contributed by atoms with Crippen LogP contribution >= 0.6 is 0 Å². The maximum Gasteiger partial charge on any atom is 0.244 e. The average molecular weight is 323 g/mol. The third-order valence-electron chi connectivity index (χ3n) is 3.19. The Labute approximate surface area is 130 Å². The van der Waals surface area contributed by atoms with Crippen LogP contribution in [0.3, 0.4) is 0 Å². The summed E-state index contributed by atoms with van der Waals surface area (Å²) in [6, 6.07) is 5.90. The number of aryl methyl sites for hydroxylation is 4. The second-order valence-electron chi connectivity index (χ2n) is 5.33. The molecule has 1 heterocycles. The smallest absolute Gasteiger partial charge is 0.244 e. The molecule has 0 saturated carbocycles. The van der Waals surface area contributed by atoms with Gasteiger partial charge < -0.3 is 4.74 Å². The molecule has 0 aliphatic heterocycles. The van der Waals surface area contributed by atoms with Gasteiger partial charge in [0.15, 0.2) is 0 Å². The molecule has 7 heteroatoms. The molecule has 0 bridgehead atoms. The molecular weight excluding hydrogens is 302 g/mol. The lowest BCUT2D eigenvalue weighted by Crippen LogP contribution is -2.29. The minimum absolute atomic E-state index is 0.194. The highest BCUT2D eigenvalue weighted by atomic mass is 32.2. The summed E-state index contributed by atoms with van der Waals surface area (Å²) in [6.45, 7) is 7.78. The van der Waals surface area contributed by atoms with E-state index in [-0.39, 0.29) is 18.0 Å². The first kappa shape index (κ1) is 16.5. The number of rotatable bonds is 6. The van der Waals surface area contributed by atoms with Crippen LogP contribution in [0.15, 0.2) is 23.1 Å². The fraction of sp³-hybridized carbons (Fsp3) is 0.400. The molecule has 0 spiro atoms. The topological polar surface area (TPSA) is 84.1 Å². The lowest BCUT2D eigenvalue weighted by molar-refractivity contribution is 0.322. The molecule has 0 fully saturated rings. The van der Waals surface area contributed by atoms with Crippen LogP contribution in [0.25, 0.3) is 0 Å². The molecule has 0 aliphatic rings. The molecule has 0 amide bonds. The predicted molar refractivity (Wildman–Crippen MR) is 84.7 cm³/mol. The van der Waals surface area contributed by atoms with Crippen molar-refractivity contribution in [2.45, 2.75) is 32.6 Å². The van der Waals surface area contributed by atoms with E-state index < -0.39 is 10.0 Å². The molecular formula is C15H21N3O3S. The van der Waals surface area contributed by atoms with Crippen LogP contribution in [0, 0.1) is 27.7 Å². The number of hydrogen-bond donors (Lipinski definition) is 2. The van der Waals surface area contributed by atoms with E-state index in [1.807, 2.05) is 26.0 Å². The van der Waals surface area contributed by atoms with Gasteiger partial charge in [-0.15, -0.1) is 0 Å². The first-order valence-electron chi connectivity index (χ1n) is 7.02. The number of aromatic nitrogens is 2. The molecule has 2 rings (SSSR count). The highest BCUT2D eigenvalue weighted by Gasteiger charge is 2.21. The highest BCUT2D eigenvalue weighted by molar-refractivity contribution is 7.89. The van der Waals surface area contributed by atoms with Crippen molar-refractivity contribution < 1.29 is 13.2 Å². The molecule has 0 radical (unpaired) electrons. The Balaban J connectivity index is 1.93. The molecule has 1 aromatic carbocycles. The molecule has 120 valence electrons. The van der Waals surface area contributed by atoms with E-state index in [4.69, 9.17) is 4.74 Å². The van der Waals surface area contributed by atoms with Gasteiger partial charge >= 0.3 is 0 Å². The molecule has 0 unspecified atom stereocenters. The Hall–Kier alpha value is -1.86. The summed E-state index contributed by atoms with van der Waals surface area (Å²) >= 11 is 0. The van der Waals surface area contributed by atoms with Gasteiger partial charge in [-0.2, -0.15) is 5.10 Å². The van der Waals surface area contributed by atoms with Crippen LogP contribution in [0.1, 0.15) is 22.5 Å². The van der Waals surface area contributed by atoms with Crippen molar-refractivity contribution in [1.82, 2.24) is 14.9 Å². The first-order valence-corrected chi connectivity index (χ1v) is 8.50. The number of aromatic amines is 1. The van der Waals surface area contributed by atoms with Gasteiger partial charge in [0.25, 0.3) is 0 Å². The Morgan fingerprint density at radius 1 is 1.14 bits per heavy atom. The minimum Gasteiger partial charge on any atom is -0.492 e. The van der Waals surface area contributed by atoms with Crippen LogP contribution in [0.5, 0.6) is 5.75 Å². The lowest BCUT2D eigenvalue weighted by Gasteiger charge is -2.10. The Morgan fingerprint density at radius 2 is 1.77 bits per heavy atom. The zero-order valence-corrected chi connectivity index (χ0v) is 14.0. The van der Waals surface area contributed by atoms with Crippen molar-refractivity contribution in [3.05, 3.63) is 40.7 Å². The Bertz CT molecular complexity index is 727. The average Bonchev–Trinajstić information content (AvgIpc) is 2.74. The second-order valence-corrected chi connectivity index (χ2v) is 7.04. The maximum atomic E-state index is 12.2. The summed E-state index contributed by atoms with van der Waals surface area (Å²) in [5.74, 6) is 0.743. The number of H-pyrrole nitrogens is 1. The summed E-state index contributed by atoms with van der Waals surface area (Å²) in [4.78, 5) is 0.207. The fourth-order valence-corrected chi connectivity index (χ4v) is 3.75. The van der Waals surface area contributed by atoms with Crippen LogP contribution < -0.4 is 9.46 Å².